The maximum Gasteiger partial charge on any atom is 0.332 e. The van der Waals surface area contributed by atoms with Crippen LogP contribution in [0.25, 0.3) is 15.2 Å². The molecule has 3 aromatic heterocycles. The van der Waals surface area contributed by atoms with Crippen LogP contribution >= 0.6 is 24.8 Å². The van der Waals surface area contributed by atoms with E-state index >= 15 is 0 Å². The summed E-state index contributed by atoms with van der Waals surface area (Å²) in [6.45, 7) is 10.2. The number of ketones is 1. The van der Waals surface area contributed by atoms with Crippen LogP contribution in [0.4, 0.5) is 4.39 Å². The van der Waals surface area contributed by atoms with Crippen LogP contribution in [0.2, 0.25) is 0 Å². The average Bonchev–Trinajstić information content (AvgIpc) is 3.60. The van der Waals surface area contributed by atoms with Crippen molar-refractivity contribution in [3.63, 3.8) is 0 Å². The number of aromatic nitrogens is 5. The summed E-state index contributed by atoms with van der Waals surface area (Å²) in [4.78, 5) is 43.0. The van der Waals surface area contributed by atoms with Crippen LogP contribution in [0.1, 0.15) is 64.3 Å². The molecule has 0 saturated heterocycles. The van der Waals surface area contributed by atoms with Crippen molar-refractivity contribution in [2.24, 2.45) is 11.3 Å². The van der Waals surface area contributed by atoms with Crippen LogP contribution in [0, 0.1) is 35.4 Å². The highest BCUT2D eigenvalue weighted by Crippen LogP contribution is 2.35. The maximum atomic E-state index is 14.6. The summed E-state index contributed by atoms with van der Waals surface area (Å²) in [5.74, 6) is -0.447. The summed E-state index contributed by atoms with van der Waals surface area (Å²) in [5.41, 5.74) is -1.35. The summed E-state index contributed by atoms with van der Waals surface area (Å²) in [6.07, 6.45) is 2.21. The number of ether oxygens (including phenoxy) is 2. The number of carbonyl (C=O) groups is 1. The van der Waals surface area contributed by atoms with E-state index in [1.165, 1.54) is 47.1 Å². The van der Waals surface area contributed by atoms with Crippen LogP contribution in [-0.2, 0) is 16.1 Å². The number of hydrogen-bond donors (Lipinski definition) is 0. The molecule has 14 heteroatoms. The summed E-state index contributed by atoms with van der Waals surface area (Å²) < 4.78 is 28.6. The number of carbonyl (C=O) groups excluding carboxylic acids is 1. The first-order valence-electron chi connectivity index (χ1n) is 13.8. The molecule has 2 atom stereocenters. The lowest BCUT2D eigenvalue weighted by Gasteiger charge is -2.26. The number of rotatable bonds is 12. The lowest BCUT2D eigenvalue weighted by atomic mass is 9.97. The van der Waals surface area contributed by atoms with Gasteiger partial charge < -0.3 is 9.47 Å². The number of thiophene rings is 1. The second-order valence-corrected chi connectivity index (χ2v) is 12.5. The number of aryl methyl sites for hydroxylation is 1. The highest BCUT2D eigenvalue weighted by molar-refractivity contribution is 7.59. The van der Waals surface area contributed by atoms with E-state index in [4.69, 9.17) is 9.47 Å². The quantitative estimate of drug-likeness (QED) is 0.214. The fourth-order valence-corrected chi connectivity index (χ4v) is 6.01. The van der Waals surface area contributed by atoms with Gasteiger partial charge in [-0.2, -0.15) is 29.0 Å². The van der Waals surface area contributed by atoms with Gasteiger partial charge >= 0.3 is 5.69 Å². The molecule has 0 aliphatic carbocycles. The smallest absolute Gasteiger partial charge is 0.332 e. The minimum Gasteiger partial charge on any atom is -0.496 e. The number of methoxy groups -OCH3 is 1. The first-order valence-corrected chi connectivity index (χ1v) is 14.6. The van der Waals surface area contributed by atoms with Crippen LogP contribution in [0.3, 0.4) is 0 Å². The van der Waals surface area contributed by atoms with E-state index in [0.717, 1.165) is 15.9 Å². The summed E-state index contributed by atoms with van der Waals surface area (Å²) in [6, 6.07) is 5.11. The van der Waals surface area contributed by atoms with E-state index < -0.39 is 34.6 Å². The number of Topliss-reactive ketones (excluding diaryl/α,β-unsaturated/α-hetero) is 1. The fourth-order valence-electron chi connectivity index (χ4n) is 4.79. The number of nitrogens with zero attached hydrogens (tertiary/aromatic N) is 6. The van der Waals surface area contributed by atoms with Gasteiger partial charge in [0.2, 0.25) is 0 Å². The lowest BCUT2D eigenvalue weighted by Crippen LogP contribution is -2.44. The average molecular weight is 645 g/mol. The third-order valence-corrected chi connectivity index (χ3v) is 8.40. The predicted octanol–water partition coefficient (Wildman–Crippen LogP) is 4.86. The van der Waals surface area contributed by atoms with Crippen LogP contribution < -0.4 is 16.0 Å². The zero-order valence-corrected chi connectivity index (χ0v) is 27.6. The molecule has 0 fully saturated rings. The predicted molar refractivity (Wildman–Crippen MR) is 171 cm³/mol. The molecule has 0 radical (unpaired) electrons. The van der Waals surface area contributed by atoms with Crippen molar-refractivity contribution in [2.45, 2.75) is 66.7 Å². The molecular weight excluding hydrogens is 607 g/mol. The molecule has 0 bridgehead atoms. The molecule has 1 aromatic carbocycles. The summed E-state index contributed by atoms with van der Waals surface area (Å²) >= 11 is 1.14. The highest BCUT2D eigenvalue weighted by Gasteiger charge is 2.30. The molecule has 44 heavy (non-hydrogen) atoms. The molecular formula is C30H37FN6O5S2. The number of hydrogen-bond acceptors (Lipinski definition) is 9. The second kappa shape index (κ2) is 13.9. The Morgan fingerprint density at radius 1 is 1.18 bits per heavy atom. The van der Waals surface area contributed by atoms with Crippen LogP contribution in [0.5, 0.6) is 5.75 Å². The van der Waals surface area contributed by atoms with Gasteiger partial charge in [0, 0.05) is 17.5 Å². The van der Waals surface area contributed by atoms with Crippen LogP contribution in [0.15, 0.2) is 40.2 Å². The molecule has 4 rings (SSSR count). The molecule has 0 amide bonds. The number of fused-ring (bicyclic) bond motifs is 1. The zero-order valence-electron chi connectivity index (χ0n) is 25.8. The largest absolute Gasteiger partial charge is 0.496 e. The molecule has 0 saturated carbocycles. The lowest BCUT2D eigenvalue weighted by molar-refractivity contribution is -0.122. The van der Waals surface area contributed by atoms with E-state index in [1.807, 2.05) is 13.8 Å². The van der Waals surface area contributed by atoms with Gasteiger partial charge in [-0.1, -0.05) is 25.2 Å². The SMILES string of the molecule is COc1ccc(F)cc1[C@H](Cn1c(=O)n([C@@H](C)C(=O)CC(C)C)c(=O)c2c(C)c(-n3nccn3)sc21)OCC(C)(C)C#N.S. The van der Waals surface area contributed by atoms with Gasteiger partial charge in [0.15, 0.2) is 5.78 Å². The normalized spacial score (nSPS) is 13.0. The van der Waals surface area contributed by atoms with Gasteiger partial charge in [-0.3, -0.25) is 14.2 Å². The minimum atomic E-state index is -1.04. The number of nitriles is 1. The van der Waals surface area contributed by atoms with Gasteiger partial charge in [0.1, 0.15) is 27.5 Å². The number of halogens is 1. The Morgan fingerprint density at radius 3 is 2.43 bits per heavy atom. The van der Waals surface area contributed by atoms with Crippen molar-refractivity contribution in [3.8, 4) is 16.8 Å². The Hall–Kier alpha value is -3.80. The Kier molecular flexibility index (Phi) is 10.9. The van der Waals surface area contributed by atoms with Crippen molar-refractivity contribution in [3.05, 3.63) is 68.4 Å². The second-order valence-electron chi connectivity index (χ2n) is 11.5. The third kappa shape index (κ3) is 6.95. The van der Waals surface area contributed by atoms with Crippen molar-refractivity contribution in [1.82, 2.24) is 24.1 Å². The zero-order chi connectivity index (χ0) is 31.6. The molecule has 0 N–H and O–H groups in total. The summed E-state index contributed by atoms with van der Waals surface area (Å²) in [7, 11) is 1.44. The van der Waals surface area contributed by atoms with E-state index in [-0.39, 0.29) is 50.2 Å². The van der Waals surface area contributed by atoms with Gasteiger partial charge in [0.05, 0.1) is 55.6 Å². The fraction of sp³-hybridized carbons (Fsp3) is 0.467. The van der Waals surface area contributed by atoms with E-state index in [1.54, 1.807) is 27.7 Å². The van der Waals surface area contributed by atoms with Gasteiger partial charge in [-0.25, -0.2) is 13.8 Å². The van der Waals surface area contributed by atoms with E-state index in [0.29, 0.717) is 26.7 Å². The first-order chi connectivity index (χ1) is 20.3. The molecule has 4 aromatic rings. The molecule has 0 spiro atoms. The maximum absolute atomic E-state index is 14.6. The van der Waals surface area contributed by atoms with Crippen molar-refractivity contribution in [2.75, 3.05) is 13.7 Å². The Bertz CT molecular complexity index is 1800. The Balaban J connectivity index is 0.00000529. The van der Waals surface area contributed by atoms with Crippen LogP contribution in [-0.4, -0.2) is 43.6 Å². The molecule has 0 aliphatic rings. The first kappa shape index (κ1) is 34.7. The standard InChI is InChI=1S/C30H35FN6O5S.H2S/c1-17(2)12-22(38)19(4)36-26(39)25-18(3)27(37-33-10-11-34-37)43-28(25)35(29(36)40)14-24(42-16-30(5,6)15-32)21-13-20(31)8-9-23(21)41-7;/h8-11,13,17,19,24H,12,14,16H2,1-7H3;1H2/t19-,24-;/m0./s1. The molecule has 236 valence electrons. The number of benzene rings is 1. The van der Waals surface area contributed by atoms with Gasteiger partial charge in [-0.15, -0.1) is 4.80 Å². The van der Waals surface area contributed by atoms with E-state index in [9.17, 15) is 24.0 Å². The Labute approximate surface area is 265 Å². The third-order valence-electron chi connectivity index (χ3n) is 7.12. The van der Waals surface area contributed by atoms with Gasteiger partial charge in [-0.05, 0) is 51.8 Å². The Morgan fingerprint density at radius 2 is 1.84 bits per heavy atom. The molecule has 0 aliphatic heterocycles. The van der Waals surface area contributed by atoms with E-state index in [2.05, 4.69) is 16.3 Å². The molecule has 3 heterocycles. The monoisotopic (exact) mass is 644 g/mol. The minimum absolute atomic E-state index is 0. The van der Waals surface area contributed by atoms with Gasteiger partial charge in [0.25, 0.3) is 5.56 Å². The van der Waals surface area contributed by atoms with Crippen molar-refractivity contribution < 1.29 is 18.7 Å². The highest BCUT2D eigenvalue weighted by atomic mass is 32.1. The molecule has 0 unspecified atom stereocenters. The summed E-state index contributed by atoms with van der Waals surface area (Å²) in [5, 5.41) is 18.8. The topological polar surface area (TPSA) is 134 Å². The molecule has 11 nitrogen and oxygen atoms in total. The van der Waals surface area contributed by atoms with Crippen molar-refractivity contribution >= 4 is 40.8 Å². The van der Waals surface area contributed by atoms with Crippen molar-refractivity contribution in [1.29, 1.82) is 5.26 Å².